The number of rotatable bonds is 6. The molecule has 11 heteroatoms. The molecule has 0 aliphatic carbocycles. The molecule has 18 heavy (non-hydrogen) atoms. The SMILES string of the molecule is O=C(O)CN1C(=O)CC(=O)N(CSOOO)C1=O. The molecule has 1 aliphatic heterocycles. The average molecular weight is 280 g/mol. The van der Waals surface area contributed by atoms with Gasteiger partial charge in [0.25, 0.3) is 0 Å². The number of imide groups is 2. The van der Waals surface area contributed by atoms with Crippen molar-refractivity contribution in [3.8, 4) is 0 Å². The van der Waals surface area contributed by atoms with Crippen molar-refractivity contribution in [1.82, 2.24) is 9.80 Å². The molecular weight excluding hydrogens is 272 g/mol. The van der Waals surface area contributed by atoms with E-state index in [2.05, 4.69) is 9.37 Å². The minimum Gasteiger partial charge on any atom is -0.480 e. The zero-order valence-electron chi connectivity index (χ0n) is 8.77. The van der Waals surface area contributed by atoms with Gasteiger partial charge in [0.2, 0.25) is 11.8 Å². The topological polar surface area (TPSA) is 134 Å². The van der Waals surface area contributed by atoms with E-state index in [1.54, 1.807) is 0 Å². The number of nitrogens with zero attached hydrogens (tertiary/aromatic N) is 2. The van der Waals surface area contributed by atoms with Crippen LogP contribution in [0.3, 0.4) is 0 Å². The highest BCUT2D eigenvalue weighted by atomic mass is 32.2. The summed E-state index contributed by atoms with van der Waals surface area (Å²) in [6, 6.07) is -1.06. The quantitative estimate of drug-likeness (QED) is 0.212. The van der Waals surface area contributed by atoms with E-state index in [-0.39, 0.29) is 5.88 Å². The smallest absolute Gasteiger partial charge is 0.334 e. The van der Waals surface area contributed by atoms with E-state index in [4.69, 9.17) is 10.4 Å². The van der Waals surface area contributed by atoms with Crippen molar-refractivity contribution in [1.29, 1.82) is 0 Å². The van der Waals surface area contributed by atoms with Crippen LogP contribution >= 0.6 is 12.0 Å². The van der Waals surface area contributed by atoms with Crippen molar-refractivity contribution in [3.63, 3.8) is 0 Å². The molecule has 0 aromatic rings. The number of hydrogen-bond acceptors (Lipinski definition) is 8. The summed E-state index contributed by atoms with van der Waals surface area (Å²) in [6.45, 7) is -0.830. The lowest BCUT2D eigenvalue weighted by atomic mass is 10.2. The van der Waals surface area contributed by atoms with Crippen LogP contribution in [0, 0.1) is 0 Å². The zero-order chi connectivity index (χ0) is 13.7. The Morgan fingerprint density at radius 1 is 1.28 bits per heavy atom. The number of barbiturate groups is 1. The van der Waals surface area contributed by atoms with E-state index < -0.39 is 36.8 Å². The van der Waals surface area contributed by atoms with Crippen LogP contribution in [0.2, 0.25) is 0 Å². The molecule has 1 aliphatic rings. The van der Waals surface area contributed by atoms with E-state index in [1.165, 1.54) is 0 Å². The Labute approximate surface area is 104 Å². The van der Waals surface area contributed by atoms with Gasteiger partial charge < -0.3 is 5.11 Å². The number of carboxylic acids is 1. The Morgan fingerprint density at radius 3 is 2.44 bits per heavy atom. The molecule has 2 N–H and O–H groups in total. The van der Waals surface area contributed by atoms with Gasteiger partial charge in [-0.25, -0.2) is 10.1 Å². The molecule has 1 fully saturated rings. The molecular formula is C7H8N2O8S. The van der Waals surface area contributed by atoms with Crippen molar-refractivity contribution in [2.24, 2.45) is 0 Å². The van der Waals surface area contributed by atoms with Crippen molar-refractivity contribution in [2.45, 2.75) is 6.42 Å². The van der Waals surface area contributed by atoms with Gasteiger partial charge in [0.15, 0.2) is 0 Å². The van der Waals surface area contributed by atoms with Crippen LogP contribution < -0.4 is 0 Å². The van der Waals surface area contributed by atoms with Crippen molar-refractivity contribution in [2.75, 3.05) is 12.4 Å². The van der Waals surface area contributed by atoms with Crippen molar-refractivity contribution < 1.29 is 38.9 Å². The standard InChI is InChI=1S/C7H8N2O8S/c10-4-1-5(11)9(3-18-17-16-15)7(14)8(4)2-6(12)13/h15H,1-3H2,(H,12,13). The summed E-state index contributed by atoms with van der Waals surface area (Å²) in [4.78, 5) is 45.9. The fraction of sp³-hybridized carbons (Fsp3) is 0.429. The Hall–Kier alpha value is -1.69. The third-order valence-electron chi connectivity index (χ3n) is 1.92. The van der Waals surface area contributed by atoms with E-state index >= 15 is 0 Å². The first-order chi connectivity index (χ1) is 8.47. The molecule has 0 atom stereocenters. The molecule has 0 aromatic carbocycles. The molecule has 0 spiro atoms. The van der Waals surface area contributed by atoms with Gasteiger partial charge in [0, 0.05) is 0 Å². The van der Waals surface area contributed by atoms with Gasteiger partial charge in [-0.2, -0.15) is 0 Å². The minimum atomic E-state index is -1.38. The Bertz CT molecular complexity index is 386. The number of urea groups is 1. The largest absolute Gasteiger partial charge is 0.480 e. The van der Waals surface area contributed by atoms with E-state index in [1.807, 2.05) is 0 Å². The Kier molecular flexibility index (Phi) is 5.03. The number of amides is 4. The van der Waals surface area contributed by atoms with Gasteiger partial charge >= 0.3 is 12.0 Å². The van der Waals surface area contributed by atoms with Crippen LogP contribution in [0.4, 0.5) is 4.79 Å². The summed E-state index contributed by atoms with van der Waals surface area (Å²) in [6.07, 6.45) is -0.612. The van der Waals surface area contributed by atoms with Crippen LogP contribution in [0.15, 0.2) is 0 Å². The summed E-state index contributed by atoms with van der Waals surface area (Å²) in [7, 11) is 0. The predicted octanol–water partition coefficient (Wildman–Crippen LogP) is -0.721. The van der Waals surface area contributed by atoms with Gasteiger partial charge in [0.05, 0.1) is 12.0 Å². The molecule has 0 saturated carbocycles. The molecule has 4 amide bonds. The summed E-state index contributed by atoms with van der Waals surface area (Å²) in [5.74, 6) is -3.41. The average Bonchev–Trinajstić information content (AvgIpc) is 2.28. The van der Waals surface area contributed by atoms with Gasteiger partial charge in [-0.15, -0.1) is 4.33 Å². The Balaban J connectivity index is 2.72. The van der Waals surface area contributed by atoms with Crippen LogP contribution in [0.25, 0.3) is 0 Å². The molecule has 0 unspecified atom stereocenters. The second-order valence-corrected chi connectivity index (χ2v) is 3.67. The third kappa shape index (κ3) is 3.40. The number of aliphatic carboxylic acids is 1. The second-order valence-electron chi connectivity index (χ2n) is 3.04. The predicted molar refractivity (Wildman–Crippen MR) is 53.5 cm³/mol. The first-order valence-electron chi connectivity index (χ1n) is 4.43. The Morgan fingerprint density at radius 2 is 1.89 bits per heavy atom. The number of hydrogen-bond donors (Lipinski definition) is 2. The van der Waals surface area contributed by atoms with E-state index in [9.17, 15) is 19.2 Å². The van der Waals surface area contributed by atoms with Crippen LogP contribution in [-0.2, 0) is 23.8 Å². The number of carbonyl (C=O) groups is 4. The molecule has 0 aromatic heterocycles. The maximum atomic E-state index is 11.7. The molecule has 100 valence electrons. The first-order valence-corrected chi connectivity index (χ1v) is 5.34. The highest BCUT2D eigenvalue weighted by Gasteiger charge is 2.38. The lowest BCUT2D eigenvalue weighted by molar-refractivity contribution is -0.432. The normalized spacial score (nSPS) is 16.4. The maximum Gasteiger partial charge on any atom is 0.334 e. The maximum absolute atomic E-state index is 11.7. The molecule has 0 bridgehead atoms. The number of carbonyl (C=O) groups excluding carboxylic acids is 3. The first kappa shape index (κ1) is 14.4. The van der Waals surface area contributed by atoms with E-state index in [0.29, 0.717) is 21.8 Å². The third-order valence-corrected chi connectivity index (χ3v) is 2.44. The summed E-state index contributed by atoms with van der Waals surface area (Å²) >= 11 is 0.416. The molecule has 1 saturated heterocycles. The van der Waals surface area contributed by atoms with Gasteiger partial charge in [-0.3, -0.25) is 24.2 Å². The van der Waals surface area contributed by atoms with Crippen molar-refractivity contribution >= 4 is 35.9 Å². The van der Waals surface area contributed by atoms with E-state index in [0.717, 1.165) is 0 Å². The fourth-order valence-corrected chi connectivity index (χ4v) is 1.64. The monoisotopic (exact) mass is 280 g/mol. The number of carboxylic acid groups (broad SMARTS) is 1. The van der Waals surface area contributed by atoms with Gasteiger partial charge in [-0.05, 0) is 0 Å². The van der Waals surface area contributed by atoms with Gasteiger partial charge in [-0.1, -0.05) is 5.04 Å². The second kappa shape index (κ2) is 6.30. The van der Waals surface area contributed by atoms with Crippen molar-refractivity contribution in [3.05, 3.63) is 0 Å². The molecule has 0 radical (unpaired) electrons. The zero-order valence-corrected chi connectivity index (χ0v) is 9.58. The van der Waals surface area contributed by atoms with Crippen LogP contribution in [-0.4, -0.2) is 56.4 Å². The lowest BCUT2D eigenvalue weighted by Crippen LogP contribution is -2.56. The van der Waals surface area contributed by atoms with Crippen LogP contribution in [0.1, 0.15) is 6.42 Å². The van der Waals surface area contributed by atoms with Crippen LogP contribution in [0.5, 0.6) is 0 Å². The highest BCUT2D eigenvalue weighted by molar-refractivity contribution is 7.94. The fourth-order valence-electron chi connectivity index (χ4n) is 1.19. The minimum absolute atomic E-state index is 0.359. The summed E-state index contributed by atoms with van der Waals surface area (Å²) < 4.78 is 3.98. The molecule has 1 heterocycles. The van der Waals surface area contributed by atoms with Gasteiger partial charge in [0.1, 0.15) is 18.8 Å². The summed E-state index contributed by atoms with van der Waals surface area (Å²) in [5, 5.41) is 19.7. The summed E-state index contributed by atoms with van der Waals surface area (Å²) in [5.41, 5.74) is 0. The molecule has 1 rings (SSSR count). The highest BCUT2D eigenvalue weighted by Crippen LogP contribution is 2.16. The molecule has 10 nitrogen and oxygen atoms in total. The lowest BCUT2D eigenvalue weighted by Gasteiger charge is -2.30.